The van der Waals surface area contributed by atoms with Gasteiger partial charge in [-0.3, -0.25) is 9.69 Å². The van der Waals surface area contributed by atoms with Gasteiger partial charge in [-0.25, -0.2) is 0 Å². The quantitative estimate of drug-likeness (QED) is 0.912. The molecule has 24 heavy (non-hydrogen) atoms. The summed E-state index contributed by atoms with van der Waals surface area (Å²) in [6, 6.07) is 9.92. The summed E-state index contributed by atoms with van der Waals surface area (Å²) in [5, 5.41) is 12.0. The number of aromatic amines is 1. The van der Waals surface area contributed by atoms with E-state index in [1.54, 1.807) is 0 Å². The first kappa shape index (κ1) is 15.9. The van der Waals surface area contributed by atoms with Gasteiger partial charge in [0.2, 0.25) is 0 Å². The molecule has 1 aliphatic carbocycles. The molecule has 1 aliphatic heterocycles. The van der Waals surface area contributed by atoms with Crippen LogP contribution in [0.15, 0.2) is 35.1 Å². The Hall–Kier alpha value is -1.65. The minimum Gasteiger partial charge on any atom is -0.390 e. The molecule has 2 N–H and O–H groups in total. The van der Waals surface area contributed by atoms with Crippen LogP contribution in [0.1, 0.15) is 38.2 Å². The van der Waals surface area contributed by atoms with E-state index >= 15 is 0 Å². The van der Waals surface area contributed by atoms with Crippen molar-refractivity contribution < 1.29 is 5.11 Å². The molecule has 2 fully saturated rings. The Bertz CT molecular complexity index is 800. The lowest BCUT2D eigenvalue weighted by atomic mass is 9.69. The molecule has 2 aliphatic rings. The Morgan fingerprint density at radius 2 is 2.17 bits per heavy atom. The van der Waals surface area contributed by atoms with Gasteiger partial charge in [-0.15, -0.1) is 0 Å². The van der Waals surface area contributed by atoms with Crippen molar-refractivity contribution in [3.63, 3.8) is 0 Å². The fourth-order valence-corrected chi connectivity index (χ4v) is 4.84. The molecule has 4 heteroatoms. The van der Waals surface area contributed by atoms with Crippen LogP contribution >= 0.6 is 0 Å². The number of nitrogens with zero attached hydrogens (tertiary/aromatic N) is 1. The molecule has 2 heterocycles. The van der Waals surface area contributed by atoms with Gasteiger partial charge in [0.1, 0.15) is 0 Å². The molecule has 4 nitrogen and oxygen atoms in total. The largest absolute Gasteiger partial charge is 0.390 e. The van der Waals surface area contributed by atoms with E-state index in [4.69, 9.17) is 0 Å². The van der Waals surface area contributed by atoms with Gasteiger partial charge in [0, 0.05) is 36.6 Å². The van der Waals surface area contributed by atoms with Crippen LogP contribution in [0.3, 0.4) is 0 Å². The van der Waals surface area contributed by atoms with E-state index in [9.17, 15) is 9.90 Å². The van der Waals surface area contributed by atoms with Gasteiger partial charge < -0.3 is 10.1 Å². The van der Waals surface area contributed by atoms with Crippen LogP contribution in [0.2, 0.25) is 0 Å². The van der Waals surface area contributed by atoms with E-state index in [0.717, 1.165) is 48.8 Å². The smallest absolute Gasteiger partial charge is 0.252 e. The van der Waals surface area contributed by atoms with E-state index in [2.05, 4.69) is 16.8 Å². The molecule has 1 saturated heterocycles. The highest BCUT2D eigenvalue weighted by atomic mass is 16.3. The zero-order chi connectivity index (χ0) is 16.7. The summed E-state index contributed by atoms with van der Waals surface area (Å²) in [7, 11) is 0. The van der Waals surface area contributed by atoms with Crippen molar-refractivity contribution in [3.05, 3.63) is 46.2 Å². The Balaban J connectivity index is 1.56. The molecule has 1 saturated carbocycles. The van der Waals surface area contributed by atoms with Crippen molar-refractivity contribution in [2.24, 2.45) is 11.8 Å². The molecular formula is C20H26N2O2. The van der Waals surface area contributed by atoms with Gasteiger partial charge in [0.25, 0.3) is 5.56 Å². The molecule has 1 aromatic heterocycles. The molecule has 1 aromatic carbocycles. The minimum absolute atomic E-state index is 0.00863. The van der Waals surface area contributed by atoms with Crippen LogP contribution in [0.4, 0.5) is 0 Å². The molecule has 0 radical (unpaired) electrons. The van der Waals surface area contributed by atoms with Gasteiger partial charge in [0.05, 0.1) is 5.60 Å². The van der Waals surface area contributed by atoms with E-state index in [-0.39, 0.29) is 5.56 Å². The Kier molecular flexibility index (Phi) is 3.97. The third kappa shape index (κ3) is 2.68. The maximum atomic E-state index is 12.4. The second-order valence-corrected chi connectivity index (χ2v) is 7.62. The fraction of sp³-hybridized carbons (Fsp3) is 0.550. The van der Waals surface area contributed by atoms with Crippen molar-refractivity contribution in [2.75, 3.05) is 13.1 Å². The lowest BCUT2D eigenvalue weighted by Crippen LogP contribution is -2.44. The standard InChI is InChI=1S/C20H26N2O2/c1-2-20(24)9-5-7-15-11-22(13-17(15)20)12-16-10-14-6-3-4-8-18(14)21-19(16)23/h3-4,6,8,10,15,17,24H,2,5,7,9,11-13H2,1H3,(H,21,23)/t15-,17+,20-/m1/s1. The molecule has 4 rings (SSSR count). The Morgan fingerprint density at radius 3 is 3.00 bits per heavy atom. The number of hydrogen-bond acceptors (Lipinski definition) is 3. The van der Waals surface area contributed by atoms with Crippen LogP contribution in [-0.4, -0.2) is 33.7 Å². The summed E-state index contributed by atoms with van der Waals surface area (Å²) in [5.74, 6) is 0.930. The average Bonchev–Trinajstić information content (AvgIpc) is 3.00. The number of fused-ring (bicyclic) bond motifs is 2. The third-order valence-electron chi connectivity index (χ3n) is 6.23. The molecule has 0 unspecified atom stereocenters. The molecule has 128 valence electrons. The second kappa shape index (κ2) is 6.01. The summed E-state index contributed by atoms with van der Waals surface area (Å²) < 4.78 is 0. The van der Waals surface area contributed by atoms with Gasteiger partial charge in [-0.1, -0.05) is 31.5 Å². The number of para-hydroxylation sites is 1. The number of nitrogens with one attached hydrogen (secondary N) is 1. The predicted molar refractivity (Wildman–Crippen MR) is 95.9 cm³/mol. The third-order valence-corrected chi connectivity index (χ3v) is 6.23. The number of rotatable bonds is 3. The van der Waals surface area contributed by atoms with Crippen LogP contribution in [0.25, 0.3) is 10.9 Å². The zero-order valence-electron chi connectivity index (χ0n) is 14.3. The number of aromatic nitrogens is 1. The van der Waals surface area contributed by atoms with Gasteiger partial charge >= 0.3 is 0 Å². The highest BCUT2D eigenvalue weighted by Gasteiger charge is 2.47. The van der Waals surface area contributed by atoms with Crippen molar-refractivity contribution in [1.82, 2.24) is 9.88 Å². The molecular weight excluding hydrogens is 300 g/mol. The van der Waals surface area contributed by atoms with Crippen LogP contribution in [-0.2, 0) is 6.54 Å². The molecule has 0 spiro atoms. The SMILES string of the molecule is CC[C@@]1(O)CCC[C@@H]2CN(Cc3cc4ccccc4[nH]c3=O)C[C@@H]21. The number of aliphatic hydroxyl groups is 1. The summed E-state index contributed by atoms with van der Waals surface area (Å²) >= 11 is 0. The molecule has 2 aromatic rings. The topological polar surface area (TPSA) is 56.3 Å². The number of hydrogen-bond donors (Lipinski definition) is 2. The highest BCUT2D eigenvalue weighted by molar-refractivity contribution is 5.78. The predicted octanol–water partition coefficient (Wildman–Crippen LogP) is 2.90. The van der Waals surface area contributed by atoms with Crippen LogP contribution in [0, 0.1) is 11.8 Å². The zero-order valence-corrected chi connectivity index (χ0v) is 14.3. The van der Waals surface area contributed by atoms with E-state index in [1.165, 1.54) is 6.42 Å². The summed E-state index contributed by atoms with van der Waals surface area (Å²) in [5.41, 5.74) is 1.22. The fourth-order valence-electron chi connectivity index (χ4n) is 4.84. The van der Waals surface area contributed by atoms with Gasteiger partial charge in [-0.2, -0.15) is 0 Å². The first-order valence-electron chi connectivity index (χ1n) is 9.15. The number of pyridine rings is 1. The van der Waals surface area contributed by atoms with Crippen molar-refractivity contribution >= 4 is 10.9 Å². The molecule has 0 bridgehead atoms. The molecule has 3 atom stereocenters. The van der Waals surface area contributed by atoms with Gasteiger partial charge in [-0.05, 0) is 42.7 Å². The van der Waals surface area contributed by atoms with E-state index in [0.29, 0.717) is 18.4 Å². The first-order valence-corrected chi connectivity index (χ1v) is 9.15. The van der Waals surface area contributed by atoms with Crippen LogP contribution < -0.4 is 5.56 Å². The van der Waals surface area contributed by atoms with Crippen molar-refractivity contribution in [3.8, 4) is 0 Å². The lowest BCUT2D eigenvalue weighted by Gasteiger charge is -2.40. The molecule has 0 amide bonds. The average molecular weight is 326 g/mol. The minimum atomic E-state index is -0.506. The Labute approximate surface area is 142 Å². The second-order valence-electron chi connectivity index (χ2n) is 7.62. The summed E-state index contributed by atoms with van der Waals surface area (Å²) in [6.45, 7) is 4.67. The summed E-state index contributed by atoms with van der Waals surface area (Å²) in [6.07, 6.45) is 4.08. The lowest BCUT2D eigenvalue weighted by molar-refractivity contribution is -0.0613. The maximum Gasteiger partial charge on any atom is 0.252 e. The van der Waals surface area contributed by atoms with E-state index in [1.807, 2.05) is 30.3 Å². The van der Waals surface area contributed by atoms with Crippen molar-refractivity contribution in [2.45, 2.75) is 44.8 Å². The Morgan fingerprint density at radius 1 is 1.33 bits per heavy atom. The summed E-state index contributed by atoms with van der Waals surface area (Å²) in [4.78, 5) is 17.7. The van der Waals surface area contributed by atoms with Crippen LogP contribution in [0.5, 0.6) is 0 Å². The maximum absolute atomic E-state index is 12.4. The highest BCUT2D eigenvalue weighted by Crippen LogP contribution is 2.44. The number of H-pyrrole nitrogens is 1. The first-order chi connectivity index (χ1) is 11.6. The normalized spacial score (nSPS) is 30.6. The number of benzene rings is 1. The number of likely N-dealkylation sites (tertiary alicyclic amines) is 1. The monoisotopic (exact) mass is 326 g/mol. The van der Waals surface area contributed by atoms with Gasteiger partial charge in [0.15, 0.2) is 0 Å². The van der Waals surface area contributed by atoms with Crippen molar-refractivity contribution in [1.29, 1.82) is 0 Å². The van der Waals surface area contributed by atoms with E-state index < -0.39 is 5.60 Å².